The van der Waals surface area contributed by atoms with Gasteiger partial charge in [-0.15, -0.1) is 0 Å². The maximum atomic E-state index is 11.5. The number of ether oxygens (including phenoxy) is 1. The average molecular weight is 210 g/mol. The fraction of sp³-hybridized carbons (Fsp3) is 0.364. The minimum atomic E-state index is 0.196. The van der Waals surface area contributed by atoms with Gasteiger partial charge in [-0.2, -0.15) is 11.8 Å². The van der Waals surface area contributed by atoms with Crippen molar-refractivity contribution in [1.29, 1.82) is 0 Å². The number of carbonyl (C=O) groups is 1. The van der Waals surface area contributed by atoms with Crippen molar-refractivity contribution in [2.24, 2.45) is 0 Å². The van der Waals surface area contributed by atoms with Gasteiger partial charge in [0.2, 0.25) is 0 Å². The number of rotatable bonds is 5. The molecule has 0 amide bonds. The van der Waals surface area contributed by atoms with Crippen LogP contribution in [0.5, 0.6) is 5.75 Å². The predicted octanol–water partition coefficient (Wildman–Crippen LogP) is 2.63. The molecule has 0 spiro atoms. The smallest absolute Gasteiger partial charge is 0.163 e. The van der Waals surface area contributed by atoms with Gasteiger partial charge in [-0.05, 0) is 30.5 Å². The van der Waals surface area contributed by atoms with Crippen LogP contribution in [0.1, 0.15) is 16.8 Å². The lowest BCUT2D eigenvalue weighted by Gasteiger charge is -2.01. The van der Waals surface area contributed by atoms with E-state index in [0.717, 1.165) is 17.1 Å². The number of thioether (sulfide) groups is 1. The van der Waals surface area contributed by atoms with Crippen LogP contribution in [0.3, 0.4) is 0 Å². The van der Waals surface area contributed by atoms with E-state index in [9.17, 15) is 4.79 Å². The van der Waals surface area contributed by atoms with Crippen molar-refractivity contribution in [1.82, 2.24) is 0 Å². The lowest BCUT2D eigenvalue weighted by molar-refractivity contribution is 0.0989. The Hall–Kier alpha value is -0.960. The van der Waals surface area contributed by atoms with Gasteiger partial charge in [-0.3, -0.25) is 4.79 Å². The summed E-state index contributed by atoms with van der Waals surface area (Å²) in [5.74, 6) is 1.86. The summed E-state index contributed by atoms with van der Waals surface area (Å²) in [6, 6.07) is 7.24. The average Bonchev–Trinajstić information content (AvgIpc) is 2.26. The molecule has 1 aromatic carbocycles. The Kier molecular flexibility index (Phi) is 4.53. The van der Waals surface area contributed by atoms with Gasteiger partial charge in [0.15, 0.2) is 5.78 Å². The van der Waals surface area contributed by atoms with Gasteiger partial charge in [-0.25, -0.2) is 0 Å². The van der Waals surface area contributed by atoms with Gasteiger partial charge in [0.05, 0.1) is 7.11 Å². The first-order valence-corrected chi connectivity index (χ1v) is 5.83. The number of methoxy groups -OCH3 is 1. The lowest BCUT2D eigenvalue weighted by Crippen LogP contribution is -2.00. The molecule has 14 heavy (non-hydrogen) atoms. The Morgan fingerprint density at radius 2 is 2.00 bits per heavy atom. The van der Waals surface area contributed by atoms with Crippen LogP contribution in [0.25, 0.3) is 0 Å². The molecule has 0 fully saturated rings. The van der Waals surface area contributed by atoms with Crippen molar-refractivity contribution in [3.63, 3.8) is 0 Å². The summed E-state index contributed by atoms with van der Waals surface area (Å²) in [5, 5.41) is 0. The molecule has 1 rings (SSSR count). The highest BCUT2D eigenvalue weighted by molar-refractivity contribution is 7.98. The molecule has 76 valence electrons. The number of benzene rings is 1. The van der Waals surface area contributed by atoms with Gasteiger partial charge < -0.3 is 4.74 Å². The molecule has 2 nitrogen and oxygen atoms in total. The van der Waals surface area contributed by atoms with Gasteiger partial charge in [0.1, 0.15) is 5.75 Å². The van der Waals surface area contributed by atoms with Crippen LogP contribution in [0.4, 0.5) is 0 Å². The highest BCUT2D eigenvalue weighted by Crippen LogP contribution is 2.13. The van der Waals surface area contributed by atoms with E-state index in [1.165, 1.54) is 0 Å². The second-order valence-electron chi connectivity index (χ2n) is 2.89. The Bertz CT molecular complexity index is 293. The summed E-state index contributed by atoms with van der Waals surface area (Å²) in [4.78, 5) is 11.5. The summed E-state index contributed by atoms with van der Waals surface area (Å²) in [5.41, 5.74) is 0.764. The van der Waals surface area contributed by atoms with E-state index in [0.29, 0.717) is 6.42 Å². The molecule has 0 aromatic heterocycles. The molecule has 0 aliphatic rings. The molecule has 0 bridgehead atoms. The zero-order valence-electron chi connectivity index (χ0n) is 8.45. The largest absolute Gasteiger partial charge is 0.497 e. The van der Waals surface area contributed by atoms with E-state index < -0.39 is 0 Å². The van der Waals surface area contributed by atoms with Crippen molar-refractivity contribution in [2.75, 3.05) is 19.1 Å². The lowest BCUT2D eigenvalue weighted by atomic mass is 10.1. The molecule has 0 N–H and O–H groups in total. The topological polar surface area (TPSA) is 26.3 Å². The highest BCUT2D eigenvalue weighted by Gasteiger charge is 2.04. The fourth-order valence-corrected chi connectivity index (χ4v) is 1.51. The van der Waals surface area contributed by atoms with E-state index in [4.69, 9.17) is 4.74 Å². The van der Waals surface area contributed by atoms with Crippen LogP contribution in [0, 0.1) is 0 Å². The Morgan fingerprint density at radius 1 is 1.36 bits per heavy atom. The maximum absolute atomic E-state index is 11.5. The Balaban J connectivity index is 2.62. The number of Topliss-reactive ketones (excluding diaryl/α,β-unsaturated/α-hetero) is 1. The van der Waals surface area contributed by atoms with E-state index in [-0.39, 0.29) is 5.78 Å². The van der Waals surface area contributed by atoms with Gasteiger partial charge >= 0.3 is 0 Å². The second-order valence-corrected chi connectivity index (χ2v) is 3.88. The third-order valence-electron chi connectivity index (χ3n) is 1.95. The molecule has 1 aromatic rings. The predicted molar refractivity (Wildman–Crippen MR) is 60.3 cm³/mol. The van der Waals surface area contributed by atoms with Crippen molar-refractivity contribution in [2.45, 2.75) is 6.42 Å². The molecule has 0 saturated carbocycles. The third kappa shape index (κ3) is 3.07. The summed E-state index contributed by atoms with van der Waals surface area (Å²) < 4.78 is 5.01. The molecule has 3 heteroatoms. The highest BCUT2D eigenvalue weighted by atomic mass is 32.2. The van der Waals surface area contributed by atoms with Crippen molar-refractivity contribution >= 4 is 17.5 Å². The number of hydrogen-bond acceptors (Lipinski definition) is 3. The normalized spacial score (nSPS) is 9.86. The van der Waals surface area contributed by atoms with Gasteiger partial charge in [0.25, 0.3) is 0 Å². The van der Waals surface area contributed by atoms with Gasteiger partial charge in [0, 0.05) is 17.7 Å². The second kappa shape index (κ2) is 5.70. The maximum Gasteiger partial charge on any atom is 0.163 e. The Labute approximate surface area is 88.7 Å². The van der Waals surface area contributed by atoms with Crippen molar-refractivity contribution in [3.8, 4) is 5.75 Å². The number of carbonyl (C=O) groups excluding carboxylic acids is 1. The number of hydrogen-bond donors (Lipinski definition) is 0. The standard InChI is InChI=1S/C11H14O2S/c1-13-10-5-3-9(4-6-10)11(12)7-8-14-2/h3-6H,7-8H2,1-2H3. The molecule has 0 heterocycles. The summed E-state index contributed by atoms with van der Waals surface area (Å²) in [6.45, 7) is 0. The number of ketones is 1. The minimum Gasteiger partial charge on any atom is -0.497 e. The molecule has 0 saturated heterocycles. The fourth-order valence-electron chi connectivity index (χ4n) is 1.12. The molecule has 0 radical (unpaired) electrons. The van der Waals surface area contributed by atoms with Crippen LogP contribution in [-0.4, -0.2) is 24.9 Å². The molecule has 0 unspecified atom stereocenters. The summed E-state index contributed by atoms with van der Waals surface area (Å²) in [7, 11) is 1.62. The van der Waals surface area contributed by atoms with Crippen LogP contribution in [-0.2, 0) is 0 Å². The quantitative estimate of drug-likeness (QED) is 0.699. The molecular formula is C11H14O2S. The molecular weight excluding hydrogens is 196 g/mol. The minimum absolute atomic E-state index is 0.196. The molecule has 0 aliphatic heterocycles. The third-order valence-corrected chi connectivity index (χ3v) is 2.56. The van der Waals surface area contributed by atoms with E-state index in [1.54, 1.807) is 18.9 Å². The van der Waals surface area contributed by atoms with Crippen LogP contribution >= 0.6 is 11.8 Å². The summed E-state index contributed by atoms with van der Waals surface area (Å²) >= 11 is 1.69. The zero-order valence-corrected chi connectivity index (χ0v) is 9.26. The van der Waals surface area contributed by atoms with E-state index >= 15 is 0 Å². The molecule has 0 aliphatic carbocycles. The SMILES string of the molecule is COc1ccc(C(=O)CCSC)cc1. The zero-order chi connectivity index (χ0) is 10.4. The first kappa shape index (κ1) is 11.1. The Morgan fingerprint density at radius 3 is 2.50 bits per heavy atom. The van der Waals surface area contributed by atoms with Crippen LogP contribution in [0.15, 0.2) is 24.3 Å². The first-order chi connectivity index (χ1) is 6.77. The van der Waals surface area contributed by atoms with E-state index in [1.807, 2.05) is 30.5 Å². The summed E-state index contributed by atoms with van der Waals surface area (Å²) in [6.07, 6.45) is 2.61. The van der Waals surface area contributed by atoms with Gasteiger partial charge in [-0.1, -0.05) is 0 Å². The van der Waals surface area contributed by atoms with E-state index in [2.05, 4.69) is 0 Å². The van der Waals surface area contributed by atoms with Crippen molar-refractivity contribution < 1.29 is 9.53 Å². The molecule has 0 atom stereocenters. The first-order valence-electron chi connectivity index (χ1n) is 4.44. The van der Waals surface area contributed by atoms with Crippen LogP contribution in [0.2, 0.25) is 0 Å². The van der Waals surface area contributed by atoms with Crippen molar-refractivity contribution in [3.05, 3.63) is 29.8 Å². The van der Waals surface area contributed by atoms with Crippen LogP contribution < -0.4 is 4.74 Å². The monoisotopic (exact) mass is 210 g/mol.